The molecule has 1 N–H and O–H groups in total. The largest absolute Gasteiger partial charge is 0.372 e. The lowest BCUT2D eigenvalue weighted by molar-refractivity contribution is 0.871. The Kier molecular flexibility index (Phi) is 9.68. The topological polar surface area (TPSA) is 49.6 Å². The van der Waals surface area contributed by atoms with Crippen LogP contribution in [-0.2, 0) is 0 Å². The van der Waals surface area contributed by atoms with Crippen LogP contribution in [0.25, 0.3) is 50.5 Å². The second kappa shape index (κ2) is 15.5. The maximum Gasteiger partial charge on any atom is 0.154 e. The number of nitrogens with one attached hydrogen (secondary N) is 1. The maximum absolute atomic E-state index is 5.45. The lowest BCUT2D eigenvalue weighted by Gasteiger charge is -2.24. The third kappa shape index (κ3) is 7.21. The predicted octanol–water partition coefficient (Wildman–Crippen LogP) is 13.3. The fraction of sp³-hybridized carbons (Fsp3) is 0.0755. The van der Waals surface area contributed by atoms with Gasteiger partial charge >= 0.3 is 0 Å². The summed E-state index contributed by atoms with van der Waals surface area (Å²) in [6, 6.07) is 61.6. The van der Waals surface area contributed by atoms with Crippen molar-refractivity contribution in [2.45, 2.75) is 25.9 Å². The number of fused-ring (bicyclic) bond motifs is 3. The van der Waals surface area contributed by atoms with Crippen LogP contribution in [-0.4, -0.2) is 17.5 Å². The highest BCUT2D eigenvalue weighted by atomic mass is 14.9. The van der Waals surface area contributed by atoms with Crippen LogP contribution in [0.1, 0.15) is 51.0 Å². The van der Waals surface area contributed by atoms with E-state index in [9.17, 15) is 0 Å². The molecule has 0 saturated heterocycles. The van der Waals surface area contributed by atoms with E-state index in [2.05, 4.69) is 183 Å². The van der Waals surface area contributed by atoms with Crippen LogP contribution in [0.5, 0.6) is 0 Å². The van der Waals surface area contributed by atoms with Gasteiger partial charge in [-0.25, -0.2) is 9.98 Å². The minimum atomic E-state index is -0.362. The van der Waals surface area contributed by atoms with Gasteiger partial charge in [-0.1, -0.05) is 158 Å². The first-order valence-corrected chi connectivity index (χ1v) is 19.4. The van der Waals surface area contributed by atoms with Gasteiger partial charge in [0.15, 0.2) is 5.84 Å². The highest BCUT2D eigenvalue weighted by Gasteiger charge is 2.21. The number of aryl methyl sites for hydroxylation is 2. The van der Waals surface area contributed by atoms with Crippen molar-refractivity contribution in [3.8, 4) is 33.5 Å². The molecule has 0 radical (unpaired) electrons. The van der Waals surface area contributed by atoms with E-state index >= 15 is 0 Å². The van der Waals surface area contributed by atoms with Crippen molar-refractivity contribution >= 4 is 35.2 Å². The van der Waals surface area contributed by atoms with E-state index in [0.29, 0.717) is 5.84 Å². The number of amidine groups is 1. The Morgan fingerprint density at radius 3 is 2.07 bits per heavy atom. The minimum Gasteiger partial charge on any atom is -0.372 e. The van der Waals surface area contributed by atoms with Crippen LogP contribution in [0.15, 0.2) is 192 Å². The molecular weight excluding hydrogens is 693 g/mol. The number of nitrogens with zero attached hydrogens (tertiary/aromatic N) is 3. The molecule has 0 amide bonds. The Morgan fingerprint density at radius 1 is 0.614 bits per heavy atom. The molecule has 7 aromatic carbocycles. The SMILES string of the molecule is C=N/C(=N\C(c1ccccc1)c1cc(-c2ccc(C)c(-c3ccccc3C)c2)cc(-c2ccc3ccc4c(c3n2)NC(c2ccccc2)C=C4)c1)c1ccccc1. The summed E-state index contributed by atoms with van der Waals surface area (Å²) < 4.78 is 0. The molecule has 2 unspecified atom stereocenters. The third-order valence-electron chi connectivity index (χ3n) is 10.9. The van der Waals surface area contributed by atoms with E-state index < -0.39 is 0 Å². The highest BCUT2D eigenvalue weighted by Crippen LogP contribution is 2.40. The van der Waals surface area contributed by atoms with Crippen molar-refractivity contribution in [2.75, 3.05) is 5.32 Å². The van der Waals surface area contributed by atoms with Gasteiger partial charge in [-0.3, -0.25) is 4.99 Å². The summed E-state index contributed by atoms with van der Waals surface area (Å²) in [6.07, 6.45) is 4.43. The molecule has 2 atom stereocenters. The van der Waals surface area contributed by atoms with Crippen molar-refractivity contribution in [2.24, 2.45) is 9.98 Å². The quantitative estimate of drug-likeness (QED) is 0.125. The zero-order chi connectivity index (χ0) is 38.7. The minimum absolute atomic E-state index is 0.0513. The maximum atomic E-state index is 5.45. The smallest absolute Gasteiger partial charge is 0.154 e. The lowest BCUT2D eigenvalue weighted by Crippen LogP contribution is -2.12. The second-order valence-corrected chi connectivity index (χ2v) is 14.7. The molecule has 1 aromatic heterocycles. The van der Waals surface area contributed by atoms with E-state index in [1.165, 1.54) is 27.8 Å². The Balaban J connectivity index is 1.24. The van der Waals surface area contributed by atoms with Crippen LogP contribution in [0.4, 0.5) is 5.69 Å². The molecule has 57 heavy (non-hydrogen) atoms. The number of hydrogen-bond acceptors (Lipinski definition) is 3. The lowest BCUT2D eigenvalue weighted by atomic mass is 9.89. The molecule has 1 aliphatic rings. The van der Waals surface area contributed by atoms with E-state index in [0.717, 1.165) is 61.2 Å². The summed E-state index contributed by atoms with van der Waals surface area (Å²) in [5.74, 6) is 0.594. The molecule has 0 saturated carbocycles. The number of anilines is 1. The number of pyridine rings is 1. The standard InChI is InChI=1S/C53H42N4/c1-35-15-13-14-22-46(35)47-34-42(24-23-36(47)2)43-31-44(33-45(32-43)50(38-18-9-5-10-19-38)57-53(54-3)41-20-11-6-12-21-41)49-30-28-40-26-25-39-27-29-48(37-16-7-4-8-17-37)55-51(39)52(40)56-49/h4-34,48,50,55H,3H2,1-2H3/b57-53-. The fourth-order valence-electron chi connectivity index (χ4n) is 7.90. The van der Waals surface area contributed by atoms with Gasteiger partial charge in [0, 0.05) is 16.5 Å². The van der Waals surface area contributed by atoms with Crippen molar-refractivity contribution < 1.29 is 0 Å². The molecular formula is C53H42N4. The summed E-state index contributed by atoms with van der Waals surface area (Å²) in [4.78, 5) is 15.3. The first-order valence-electron chi connectivity index (χ1n) is 19.4. The van der Waals surface area contributed by atoms with Crippen molar-refractivity contribution in [3.05, 3.63) is 221 Å². The summed E-state index contributed by atoms with van der Waals surface area (Å²) in [5.41, 5.74) is 16.4. The van der Waals surface area contributed by atoms with Crippen LogP contribution >= 0.6 is 0 Å². The van der Waals surface area contributed by atoms with Gasteiger partial charge in [0.25, 0.3) is 0 Å². The van der Waals surface area contributed by atoms with Gasteiger partial charge in [0.1, 0.15) is 6.04 Å². The van der Waals surface area contributed by atoms with E-state index in [4.69, 9.17) is 9.98 Å². The summed E-state index contributed by atoms with van der Waals surface area (Å²) in [5, 5.41) is 4.90. The van der Waals surface area contributed by atoms with Crippen LogP contribution in [0.3, 0.4) is 0 Å². The van der Waals surface area contributed by atoms with Gasteiger partial charge in [-0.05, 0) is 107 Å². The van der Waals surface area contributed by atoms with E-state index in [1.54, 1.807) is 0 Å². The Bertz CT molecular complexity index is 2800. The van der Waals surface area contributed by atoms with Gasteiger partial charge in [0.2, 0.25) is 0 Å². The van der Waals surface area contributed by atoms with Crippen molar-refractivity contribution in [3.63, 3.8) is 0 Å². The average Bonchev–Trinajstić information content (AvgIpc) is 3.27. The Labute approximate surface area is 334 Å². The molecule has 274 valence electrons. The van der Waals surface area contributed by atoms with Gasteiger partial charge in [-0.2, -0.15) is 0 Å². The van der Waals surface area contributed by atoms with Crippen molar-refractivity contribution in [1.82, 2.24) is 4.98 Å². The monoisotopic (exact) mass is 734 g/mol. The molecule has 4 heteroatoms. The number of benzene rings is 7. The van der Waals surface area contributed by atoms with Gasteiger partial charge in [0.05, 0.1) is 22.9 Å². The summed E-state index contributed by atoms with van der Waals surface area (Å²) in [7, 11) is 0. The van der Waals surface area contributed by atoms with Crippen molar-refractivity contribution in [1.29, 1.82) is 0 Å². The first-order chi connectivity index (χ1) is 28.0. The second-order valence-electron chi connectivity index (χ2n) is 14.7. The molecule has 2 heterocycles. The zero-order valence-corrected chi connectivity index (χ0v) is 32.1. The number of hydrogen-bond donors (Lipinski definition) is 1. The molecule has 8 aromatic rings. The number of aromatic nitrogens is 1. The van der Waals surface area contributed by atoms with Crippen LogP contribution in [0, 0.1) is 13.8 Å². The molecule has 4 nitrogen and oxygen atoms in total. The molecule has 9 rings (SSSR count). The normalized spacial score (nSPS) is 14.1. The number of rotatable bonds is 8. The predicted molar refractivity (Wildman–Crippen MR) is 240 cm³/mol. The summed E-state index contributed by atoms with van der Waals surface area (Å²) in [6.45, 7) is 8.31. The molecule has 0 spiro atoms. The van der Waals surface area contributed by atoms with Gasteiger partial charge in [-0.15, -0.1) is 0 Å². The summed E-state index contributed by atoms with van der Waals surface area (Å²) >= 11 is 0. The molecule has 0 bridgehead atoms. The van der Waals surface area contributed by atoms with Crippen LogP contribution in [0.2, 0.25) is 0 Å². The molecule has 0 aliphatic carbocycles. The molecule has 1 aliphatic heterocycles. The Morgan fingerprint density at radius 2 is 1.30 bits per heavy atom. The van der Waals surface area contributed by atoms with E-state index in [1.807, 2.05) is 36.4 Å². The van der Waals surface area contributed by atoms with E-state index in [-0.39, 0.29) is 12.1 Å². The zero-order valence-electron chi connectivity index (χ0n) is 32.1. The first kappa shape index (κ1) is 35.5. The average molecular weight is 735 g/mol. The van der Waals surface area contributed by atoms with Gasteiger partial charge < -0.3 is 5.32 Å². The molecule has 0 fully saturated rings. The highest BCUT2D eigenvalue weighted by molar-refractivity contribution is 6.02. The van der Waals surface area contributed by atoms with Crippen LogP contribution < -0.4 is 5.32 Å². The fourth-order valence-corrected chi connectivity index (χ4v) is 7.90. The Hall–Kier alpha value is -7.17. The third-order valence-corrected chi connectivity index (χ3v) is 10.9. The number of aliphatic imine (C=N–C) groups is 2.